The molecular weight excluding hydrogens is 419 g/mol. The summed E-state index contributed by atoms with van der Waals surface area (Å²) in [7, 11) is 1.43. The predicted octanol–water partition coefficient (Wildman–Crippen LogP) is 3.31. The number of nitrogen functional groups attached to an aromatic ring is 1. The van der Waals surface area contributed by atoms with Crippen LogP contribution < -0.4 is 10.5 Å². The van der Waals surface area contributed by atoms with E-state index in [1.54, 1.807) is 25.4 Å². The summed E-state index contributed by atoms with van der Waals surface area (Å²) >= 11 is 1.26. The first-order chi connectivity index (χ1) is 14.9. The van der Waals surface area contributed by atoms with Crippen molar-refractivity contribution >= 4 is 23.5 Å². The average molecular weight is 445 g/mol. The van der Waals surface area contributed by atoms with Crippen LogP contribution in [0.5, 0.6) is 5.75 Å². The van der Waals surface area contributed by atoms with Crippen LogP contribution in [0.4, 0.5) is 10.2 Å². The number of imidazole rings is 1. The standard InChI is InChI=1S/C21H25FN6O2S/c1-13(29)27-8-5-14(6-9-27)7-10-28-12-24-19(23)18-20(28)26-21(25-18)31-15-3-4-17(30-2)16(22)11-15/h3-4,11-12,14H,5-10,23H2,1-2H3. The van der Waals surface area contributed by atoms with Crippen molar-refractivity contribution in [2.45, 2.75) is 42.8 Å². The third-order valence-electron chi connectivity index (χ3n) is 5.64. The van der Waals surface area contributed by atoms with Gasteiger partial charge in [-0.15, -0.1) is 0 Å². The van der Waals surface area contributed by atoms with E-state index in [2.05, 4.69) is 15.0 Å². The van der Waals surface area contributed by atoms with Crippen LogP contribution in [-0.2, 0) is 11.3 Å². The van der Waals surface area contributed by atoms with E-state index >= 15 is 0 Å². The van der Waals surface area contributed by atoms with Crippen LogP contribution in [0.2, 0.25) is 0 Å². The fourth-order valence-electron chi connectivity index (χ4n) is 3.82. The normalized spacial score (nSPS) is 14.9. The number of aromatic nitrogens is 4. The number of piperidine rings is 1. The zero-order chi connectivity index (χ0) is 22.0. The molecule has 0 unspecified atom stereocenters. The largest absolute Gasteiger partial charge is 0.494 e. The van der Waals surface area contributed by atoms with Crippen molar-refractivity contribution in [3.05, 3.63) is 30.3 Å². The number of hydrogen-bond donors (Lipinski definition) is 1. The number of carbonyl (C=O) groups excluding carboxylic acids is 1. The van der Waals surface area contributed by atoms with E-state index in [0.29, 0.717) is 33.3 Å². The third kappa shape index (κ3) is 4.73. The van der Waals surface area contributed by atoms with Gasteiger partial charge < -0.3 is 19.9 Å². The van der Waals surface area contributed by atoms with Gasteiger partial charge in [0.15, 0.2) is 34.1 Å². The fourth-order valence-corrected chi connectivity index (χ4v) is 4.60. The summed E-state index contributed by atoms with van der Waals surface area (Å²) in [4.78, 5) is 27.5. The Kier molecular flexibility index (Phi) is 6.26. The lowest BCUT2D eigenvalue weighted by molar-refractivity contribution is -0.130. The molecule has 0 aromatic heterocycles. The number of ether oxygens (including phenoxy) is 1. The first kappa shape index (κ1) is 21.4. The molecule has 1 fully saturated rings. The van der Waals surface area contributed by atoms with Gasteiger partial charge in [0.2, 0.25) is 5.91 Å². The molecule has 3 aliphatic rings. The third-order valence-corrected chi connectivity index (χ3v) is 6.50. The number of anilines is 1. The summed E-state index contributed by atoms with van der Waals surface area (Å²) in [5.41, 5.74) is 6.57. The van der Waals surface area contributed by atoms with Gasteiger partial charge in [0, 0.05) is 31.5 Å². The number of rotatable bonds is 6. The highest BCUT2D eigenvalue weighted by atomic mass is 32.2. The van der Waals surface area contributed by atoms with Gasteiger partial charge in [0.05, 0.1) is 13.4 Å². The average Bonchev–Trinajstić information content (AvgIpc) is 3.18. The molecule has 3 aliphatic heterocycles. The number of likely N-dealkylation sites (tertiary alicyclic amines) is 1. The van der Waals surface area contributed by atoms with E-state index in [9.17, 15) is 9.18 Å². The first-order valence-electron chi connectivity index (χ1n) is 10.2. The second-order valence-electron chi connectivity index (χ2n) is 7.64. The molecule has 164 valence electrons. The lowest BCUT2D eigenvalue weighted by atomic mass is 9.93. The molecule has 2 N–H and O–H groups in total. The highest BCUT2D eigenvalue weighted by molar-refractivity contribution is 7.99. The fraction of sp³-hybridized carbons (Fsp3) is 0.429. The van der Waals surface area contributed by atoms with Gasteiger partial charge in [-0.3, -0.25) is 4.79 Å². The zero-order valence-electron chi connectivity index (χ0n) is 17.5. The molecule has 0 aliphatic carbocycles. The maximum absolute atomic E-state index is 14.0. The van der Waals surface area contributed by atoms with Crippen LogP contribution in [0, 0.1) is 11.7 Å². The van der Waals surface area contributed by atoms with Crippen molar-refractivity contribution in [3.8, 4) is 17.3 Å². The van der Waals surface area contributed by atoms with Gasteiger partial charge in [0.25, 0.3) is 0 Å². The van der Waals surface area contributed by atoms with E-state index in [-0.39, 0.29) is 11.7 Å². The van der Waals surface area contributed by atoms with E-state index < -0.39 is 5.82 Å². The van der Waals surface area contributed by atoms with Gasteiger partial charge in [-0.1, -0.05) is 0 Å². The van der Waals surface area contributed by atoms with Crippen molar-refractivity contribution in [2.24, 2.45) is 5.92 Å². The molecule has 1 aromatic carbocycles. The number of nitrogens with zero attached hydrogens (tertiary/aromatic N) is 5. The van der Waals surface area contributed by atoms with Crippen molar-refractivity contribution in [2.75, 3.05) is 25.9 Å². The molecule has 0 atom stereocenters. The Labute approximate surface area is 184 Å². The summed E-state index contributed by atoms with van der Waals surface area (Å²) in [6.45, 7) is 4.00. The summed E-state index contributed by atoms with van der Waals surface area (Å²) < 4.78 is 20.9. The Morgan fingerprint density at radius 1 is 1.32 bits per heavy atom. The summed E-state index contributed by atoms with van der Waals surface area (Å²) in [5, 5.41) is 0.489. The SMILES string of the molecule is COc1ccc(Sc2nc3c(N)ncn(CCC4CCN(C(C)=O)CC4)c-3n2)cc1F. The molecule has 0 spiro atoms. The van der Waals surface area contributed by atoms with Crippen LogP contribution in [0.15, 0.2) is 34.6 Å². The topological polar surface area (TPSA) is 99.2 Å². The molecular formula is C21H25FN6O2S. The summed E-state index contributed by atoms with van der Waals surface area (Å²) in [6.07, 6.45) is 4.67. The minimum absolute atomic E-state index is 0.145. The van der Waals surface area contributed by atoms with Crippen LogP contribution in [0.25, 0.3) is 11.5 Å². The monoisotopic (exact) mass is 444 g/mol. The smallest absolute Gasteiger partial charge is 0.219 e. The number of methoxy groups -OCH3 is 1. The number of hydrogen-bond acceptors (Lipinski definition) is 7. The van der Waals surface area contributed by atoms with E-state index in [0.717, 1.165) is 38.9 Å². The van der Waals surface area contributed by atoms with Gasteiger partial charge in [-0.05, 0) is 55.1 Å². The van der Waals surface area contributed by atoms with Crippen LogP contribution in [-0.4, -0.2) is 50.5 Å². The second-order valence-corrected chi connectivity index (χ2v) is 8.68. The first-order valence-corrected chi connectivity index (χ1v) is 11.0. The number of carbonyl (C=O) groups is 1. The number of amides is 1. The van der Waals surface area contributed by atoms with E-state index in [4.69, 9.17) is 10.5 Å². The molecule has 31 heavy (non-hydrogen) atoms. The number of fused-ring (bicyclic) bond motifs is 1. The quantitative estimate of drug-likeness (QED) is 0.623. The highest BCUT2D eigenvalue weighted by Crippen LogP contribution is 2.33. The lowest BCUT2D eigenvalue weighted by Crippen LogP contribution is -2.37. The van der Waals surface area contributed by atoms with Crippen LogP contribution in [0.3, 0.4) is 0 Å². The second kappa shape index (κ2) is 9.09. The predicted molar refractivity (Wildman–Crippen MR) is 116 cm³/mol. The Hall–Kier alpha value is -2.88. The van der Waals surface area contributed by atoms with Crippen molar-refractivity contribution in [1.82, 2.24) is 24.4 Å². The van der Waals surface area contributed by atoms with Crippen LogP contribution >= 0.6 is 11.8 Å². The molecule has 3 heterocycles. The molecule has 1 saturated heterocycles. The Bertz CT molecular complexity index is 1050. The van der Waals surface area contributed by atoms with Crippen molar-refractivity contribution < 1.29 is 13.9 Å². The Balaban J connectivity index is 1.47. The van der Waals surface area contributed by atoms with Crippen molar-refractivity contribution in [1.29, 1.82) is 0 Å². The number of benzene rings is 1. The molecule has 0 radical (unpaired) electrons. The van der Waals surface area contributed by atoms with E-state index in [1.807, 2.05) is 9.47 Å². The highest BCUT2D eigenvalue weighted by Gasteiger charge is 2.23. The minimum atomic E-state index is -0.435. The molecule has 1 aromatic rings. The molecule has 8 nitrogen and oxygen atoms in total. The van der Waals surface area contributed by atoms with Gasteiger partial charge in [-0.25, -0.2) is 19.3 Å². The Morgan fingerprint density at radius 2 is 2.10 bits per heavy atom. The number of nitrogens with two attached hydrogens (primary N) is 1. The Morgan fingerprint density at radius 3 is 2.77 bits per heavy atom. The van der Waals surface area contributed by atoms with Crippen molar-refractivity contribution in [3.63, 3.8) is 0 Å². The van der Waals surface area contributed by atoms with Gasteiger partial charge in [0.1, 0.15) is 0 Å². The van der Waals surface area contributed by atoms with E-state index in [1.165, 1.54) is 24.9 Å². The van der Waals surface area contributed by atoms with Gasteiger partial charge in [-0.2, -0.15) is 0 Å². The maximum atomic E-state index is 14.0. The summed E-state index contributed by atoms with van der Waals surface area (Å²) in [5.74, 6) is 1.45. The zero-order valence-corrected chi connectivity index (χ0v) is 18.4. The summed E-state index contributed by atoms with van der Waals surface area (Å²) in [6, 6.07) is 4.73. The molecule has 1 amide bonds. The molecule has 0 saturated carbocycles. The molecule has 4 rings (SSSR count). The molecule has 0 bridgehead atoms. The number of halogens is 1. The lowest BCUT2D eigenvalue weighted by Gasteiger charge is -2.31. The molecule has 10 heteroatoms. The minimum Gasteiger partial charge on any atom is -0.494 e. The maximum Gasteiger partial charge on any atom is 0.219 e. The van der Waals surface area contributed by atoms with Gasteiger partial charge >= 0.3 is 0 Å². The van der Waals surface area contributed by atoms with Crippen LogP contribution in [0.1, 0.15) is 26.2 Å². The number of aryl methyl sites for hydroxylation is 1.